The molecule has 0 aliphatic carbocycles. The highest BCUT2D eigenvalue weighted by atomic mass is 16.3. The minimum Gasteiger partial charge on any atom is -0.508 e. The third-order valence-electron chi connectivity index (χ3n) is 4.85. The number of benzene rings is 1. The monoisotopic (exact) mass is 396 g/mol. The number of amides is 1. The molecule has 3 heterocycles. The molecule has 3 aromatic rings. The molecule has 4 N–H and O–H groups in total. The third-order valence-corrected chi connectivity index (χ3v) is 4.85. The molecule has 4 rings (SSSR count). The summed E-state index contributed by atoms with van der Waals surface area (Å²) in [4.78, 5) is 14.8. The van der Waals surface area contributed by atoms with Gasteiger partial charge in [0.1, 0.15) is 22.9 Å². The summed E-state index contributed by atoms with van der Waals surface area (Å²) in [6.45, 7) is 8.72. The van der Waals surface area contributed by atoms with Gasteiger partial charge in [-0.3, -0.25) is 9.89 Å². The fourth-order valence-corrected chi connectivity index (χ4v) is 3.54. The van der Waals surface area contributed by atoms with Gasteiger partial charge in [-0.1, -0.05) is 0 Å². The number of phenolic OH excluding ortho intramolecular Hbond substituents is 2. The summed E-state index contributed by atoms with van der Waals surface area (Å²) in [5.41, 5.74) is 2.75. The number of carbonyl (C=O) groups excluding carboxylic acids is 1. The number of rotatable bonds is 3. The van der Waals surface area contributed by atoms with Crippen LogP contribution in [0, 0.1) is 6.92 Å². The van der Waals surface area contributed by atoms with Crippen molar-refractivity contribution in [1.29, 1.82) is 0 Å². The molecule has 0 radical (unpaired) electrons. The van der Waals surface area contributed by atoms with E-state index in [2.05, 4.69) is 20.6 Å². The summed E-state index contributed by atoms with van der Waals surface area (Å²) in [6, 6.07) is 4.45. The Kier molecular flexibility index (Phi) is 4.25. The van der Waals surface area contributed by atoms with Crippen molar-refractivity contribution in [2.24, 2.45) is 0 Å². The molecule has 0 bridgehead atoms. The molecular formula is C20H24N6O3. The van der Waals surface area contributed by atoms with Crippen LogP contribution in [0.1, 0.15) is 48.1 Å². The standard InChI is InChI=1S/C20H24N6O3/c1-11-5-17(26(24-11)20(2,3)4)22-14-6-13(27)7-16(28)18(14)19(29)25-9-12-8-21-23-15(12)10-25/h5-8,22,27-28H,9-10H2,1-4H3,(H,21,23). The maximum Gasteiger partial charge on any atom is 0.260 e. The van der Waals surface area contributed by atoms with Gasteiger partial charge in [-0.25, -0.2) is 4.68 Å². The summed E-state index contributed by atoms with van der Waals surface area (Å²) < 4.78 is 1.81. The van der Waals surface area contributed by atoms with E-state index in [1.54, 1.807) is 11.1 Å². The van der Waals surface area contributed by atoms with Gasteiger partial charge in [-0.05, 0) is 27.7 Å². The number of fused-ring (bicyclic) bond motifs is 1. The number of aromatic amines is 1. The van der Waals surface area contributed by atoms with Crippen molar-refractivity contribution in [2.75, 3.05) is 5.32 Å². The molecule has 9 nitrogen and oxygen atoms in total. The second-order valence-electron chi connectivity index (χ2n) is 8.30. The van der Waals surface area contributed by atoms with Crippen LogP contribution in [0.5, 0.6) is 11.5 Å². The van der Waals surface area contributed by atoms with Gasteiger partial charge in [0.2, 0.25) is 0 Å². The fourth-order valence-electron chi connectivity index (χ4n) is 3.54. The van der Waals surface area contributed by atoms with Gasteiger partial charge >= 0.3 is 0 Å². The summed E-state index contributed by atoms with van der Waals surface area (Å²) in [5.74, 6) is -0.112. The number of phenols is 2. The molecule has 9 heteroatoms. The number of aromatic hydroxyl groups is 2. The Morgan fingerprint density at radius 3 is 2.66 bits per heavy atom. The van der Waals surface area contributed by atoms with E-state index < -0.39 is 0 Å². The first-order chi connectivity index (χ1) is 13.6. The van der Waals surface area contributed by atoms with Crippen molar-refractivity contribution in [2.45, 2.75) is 46.3 Å². The topological polar surface area (TPSA) is 119 Å². The highest BCUT2D eigenvalue weighted by molar-refractivity contribution is 6.03. The minimum absolute atomic E-state index is 0.0974. The lowest BCUT2D eigenvalue weighted by atomic mass is 10.1. The lowest BCUT2D eigenvalue weighted by Gasteiger charge is -2.24. The molecule has 0 atom stereocenters. The number of aromatic nitrogens is 4. The largest absolute Gasteiger partial charge is 0.508 e. The van der Waals surface area contributed by atoms with Gasteiger partial charge in [0.15, 0.2) is 0 Å². The molecule has 2 aromatic heterocycles. The molecule has 0 spiro atoms. The number of hydrogen-bond acceptors (Lipinski definition) is 6. The average Bonchev–Trinajstić information content (AvgIpc) is 3.27. The molecule has 1 aromatic carbocycles. The molecule has 1 aliphatic rings. The van der Waals surface area contributed by atoms with Crippen LogP contribution >= 0.6 is 0 Å². The van der Waals surface area contributed by atoms with Crippen LogP contribution < -0.4 is 5.32 Å². The van der Waals surface area contributed by atoms with Crippen molar-refractivity contribution < 1.29 is 15.0 Å². The molecule has 1 amide bonds. The van der Waals surface area contributed by atoms with E-state index in [9.17, 15) is 15.0 Å². The molecule has 1 aliphatic heterocycles. The van der Waals surface area contributed by atoms with Crippen LogP contribution in [-0.2, 0) is 18.6 Å². The number of nitrogens with zero attached hydrogens (tertiary/aromatic N) is 4. The lowest BCUT2D eigenvalue weighted by Crippen LogP contribution is -2.27. The maximum absolute atomic E-state index is 13.2. The van der Waals surface area contributed by atoms with Gasteiger partial charge < -0.3 is 20.4 Å². The predicted octanol–water partition coefficient (Wildman–Crippen LogP) is 2.98. The summed E-state index contributed by atoms with van der Waals surface area (Å²) >= 11 is 0. The number of nitrogens with one attached hydrogen (secondary N) is 2. The van der Waals surface area contributed by atoms with Gasteiger partial charge in [-0.2, -0.15) is 10.2 Å². The summed E-state index contributed by atoms with van der Waals surface area (Å²) in [6.07, 6.45) is 1.70. The van der Waals surface area contributed by atoms with E-state index in [-0.39, 0.29) is 28.5 Å². The van der Waals surface area contributed by atoms with Crippen LogP contribution in [-0.4, -0.2) is 41.0 Å². The Hall–Kier alpha value is -3.49. The Morgan fingerprint density at radius 1 is 1.21 bits per heavy atom. The van der Waals surface area contributed by atoms with Crippen molar-refractivity contribution in [3.63, 3.8) is 0 Å². The highest BCUT2D eigenvalue weighted by Gasteiger charge is 2.30. The summed E-state index contributed by atoms with van der Waals surface area (Å²) in [7, 11) is 0. The van der Waals surface area contributed by atoms with E-state index in [0.717, 1.165) is 17.0 Å². The van der Waals surface area contributed by atoms with E-state index in [1.807, 2.05) is 38.4 Å². The van der Waals surface area contributed by atoms with Crippen molar-refractivity contribution >= 4 is 17.4 Å². The van der Waals surface area contributed by atoms with Crippen LogP contribution in [0.3, 0.4) is 0 Å². The Labute approximate surface area is 168 Å². The third kappa shape index (κ3) is 3.39. The van der Waals surface area contributed by atoms with Crippen LogP contribution in [0.2, 0.25) is 0 Å². The van der Waals surface area contributed by atoms with Gasteiger partial charge in [0.25, 0.3) is 5.91 Å². The second kappa shape index (κ2) is 6.54. The van der Waals surface area contributed by atoms with Crippen LogP contribution in [0.4, 0.5) is 11.5 Å². The Bertz CT molecular complexity index is 1070. The zero-order valence-electron chi connectivity index (χ0n) is 16.8. The number of hydrogen-bond donors (Lipinski definition) is 4. The molecule has 0 saturated carbocycles. The van der Waals surface area contributed by atoms with Crippen molar-refractivity contribution in [1.82, 2.24) is 24.9 Å². The quantitative estimate of drug-likeness (QED) is 0.540. The van der Waals surface area contributed by atoms with Crippen molar-refractivity contribution in [3.05, 3.63) is 46.9 Å². The normalized spacial score (nSPS) is 13.6. The number of aryl methyl sites for hydroxylation is 1. The molecular weight excluding hydrogens is 372 g/mol. The van der Waals surface area contributed by atoms with Crippen LogP contribution in [0.15, 0.2) is 24.4 Å². The molecule has 0 fully saturated rings. The predicted molar refractivity (Wildman–Crippen MR) is 107 cm³/mol. The molecule has 152 valence electrons. The summed E-state index contributed by atoms with van der Waals surface area (Å²) in [5, 5.41) is 35.1. The fraction of sp³-hybridized carbons (Fsp3) is 0.350. The smallest absolute Gasteiger partial charge is 0.260 e. The van der Waals surface area contributed by atoms with Gasteiger partial charge in [0.05, 0.1) is 35.4 Å². The SMILES string of the molecule is Cc1cc(Nc2cc(O)cc(O)c2C(=O)N2Cc3cn[nH]c3C2)n(C(C)(C)C)n1. The average molecular weight is 396 g/mol. The van der Waals surface area contributed by atoms with E-state index in [0.29, 0.717) is 24.6 Å². The maximum atomic E-state index is 13.2. The van der Waals surface area contributed by atoms with E-state index in [1.165, 1.54) is 12.1 Å². The van der Waals surface area contributed by atoms with E-state index >= 15 is 0 Å². The molecule has 0 unspecified atom stereocenters. The number of H-pyrrole nitrogens is 1. The lowest BCUT2D eigenvalue weighted by molar-refractivity contribution is 0.0747. The molecule has 0 saturated heterocycles. The minimum atomic E-state index is -0.340. The second-order valence-corrected chi connectivity index (χ2v) is 8.30. The first kappa shape index (κ1) is 18.9. The molecule has 29 heavy (non-hydrogen) atoms. The van der Waals surface area contributed by atoms with Crippen LogP contribution in [0.25, 0.3) is 0 Å². The highest BCUT2D eigenvalue weighted by Crippen LogP contribution is 2.36. The Balaban J connectivity index is 1.72. The number of anilines is 2. The van der Waals surface area contributed by atoms with Gasteiger partial charge in [-0.15, -0.1) is 0 Å². The van der Waals surface area contributed by atoms with E-state index in [4.69, 9.17) is 0 Å². The van der Waals surface area contributed by atoms with Crippen molar-refractivity contribution in [3.8, 4) is 11.5 Å². The zero-order valence-corrected chi connectivity index (χ0v) is 16.8. The van der Waals surface area contributed by atoms with Gasteiger partial charge in [0, 0.05) is 30.3 Å². The first-order valence-electron chi connectivity index (χ1n) is 9.34. The number of carbonyl (C=O) groups is 1. The zero-order chi connectivity index (χ0) is 20.9. The Morgan fingerprint density at radius 2 is 1.97 bits per heavy atom. The first-order valence-corrected chi connectivity index (χ1v) is 9.34.